The Bertz CT molecular complexity index is 574. The van der Waals surface area contributed by atoms with Crippen LogP contribution < -0.4 is 0 Å². The SMILES string of the molecule is Cc1ccc2oc3ccsc3c2c1. The molecule has 13 heavy (non-hydrogen) atoms. The van der Waals surface area contributed by atoms with Crippen molar-refractivity contribution in [2.24, 2.45) is 0 Å². The quantitative estimate of drug-likeness (QED) is 0.520. The summed E-state index contributed by atoms with van der Waals surface area (Å²) in [7, 11) is 0. The molecule has 1 nitrogen and oxygen atoms in total. The second-order valence-corrected chi connectivity index (χ2v) is 4.13. The zero-order valence-corrected chi connectivity index (χ0v) is 8.02. The predicted octanol–water partition coefficient (Wildman–Crippen LogP) is 3.96. The summed E-state index contributed by atoms with van der Waals surface area (Å²) in [6.45, 7) is 2.10. The first kappa shape index (κ1) is 7.15. The third-order valence-corrected chi connectivity index (χ3v) is 3.16. The van der Waals surface area contributed by atoms with E-state index in [1.807, 2.05) is 12.1 Å². The lowest BCUT2D eigenvalue weighted by molar-refractivity contribution is 0.669. The van der Waals surface area contributed by atoms with Crippen LogP contribution in [0.4, 0.5) is 0 Å². The number of benzene rings is 1. The zero-order chi connectivity index (χ0) is 8.84. The highest BCUT2D eigenvalue weighted by Crippen LogP contribution is 2.32. The first-order valence-corrected chi connectivity index (χ1v) is 5.09. The van der Waals surface area contributed by atoms with Gasteiger partial charge in [0, 0.05) is 5.39 Å². The molecule has 3 aromatic rings. The number of hydrogen-bond acceptors (Lipinski definition) is 2. The van der Waals surface area contributed by atoms with Crippen molar-refractivity contribution in [3.63, 3.8) is 0 Å². The molecule has 0 amide bonds. The van der Waals surface area contributed by atoms with Crippen LogP contribution in [0.1, 0.15) is 5.56 Å². The zero-order valence-electron chi connectivity index (χ0n) is 7.20. The van der Waals surface area contributed by atoms with Crippen molar-refractivity contribution in [2.75, 3.05) is 0 Å². The average molecular weight is 188 g/mol. The predicted molar refractivity (Wildman–Crippen MR) is 56.3 cm³/mol. The molecule has 64 valence electrons. The van der Waals surface area contributed by atoms with E-state index in [0.717, 1.165) is 11.2 Å². The molecule has 0 N–H and O–H groups in total. The minimum absolute atomic E-state index is 0.993. The third-order valence-electron chi connectivity index (χ3n) is 2.23. The van der Waals surface area contributed by atoms with Crippen LogP contribution in [0.5, 0.6) is 0 Å². The summed E-state index contributed by atoms with van der Waals surface area (Å²) < 4.78 is 6.92. The molecule has 0 atom stereocenters. The molecular formula is C11H8OS. The number of hydrogen-bond donors (Lipinski definition) is 0. The van der Waals surface area contributed by atoms with E-state index in [1.165, 1.54) is 15.6 Å². The molecule has 0 unspecified atom stereocenters. The van der Waals surface area contributed by atoms with Gasteiger partial charge in [-0.1, -0.05) is 11.6 Å². The Morgan fingerprint density at radius 2 is 2.08 bits per heavy atom. The van der Waals surface area contributed by atoms with E-state index < -0.39 is 0 Å². The van der Waals surface area contributed by atoms with Crippen LogP contribution in [-0.2, 0) is 0 Å². The van der Waals surface area contributed by atoms with Crippen LogP contribution >= 0.6 is 11.3 Å². The maximum Gasteiger partial charge on any atom is 0.146 e. The second-order valence-electron chi connectivity index (χ2n) is 3.22. The summed E-state index contributed by atoms with van der Waals surface area (Å²) in [6, 6.07) is 8.32. The Morgan fingerprint density at radius 1 is 1.15 bits per heavy atom. The Kier molecular flexibility index (Phi) is 1.30. The number of thiophene rings is 1. The van der Waals surface area contributed by atoms with Crippen molar-refractivity contribution in [3.05, 3.63) is 35.2 Å². The van der Waals surface area contributed by atoms with Gasteiger partial charge >= 0.3 is 0 Å². The van der Waals surface area contributed by atoms with Gasteiger partial charge in [-0.2, -0.15) is 0 Å². The molecule has 0 saturated carbocycles. The van der Waals surface area contributed by atoms with E-state index in [2.05, 4.69) is 24.4 Å². The molecule has 0 bridgehead atoms. The van der Waals surface area contributed by atoms with Gasteiger partial charge in [-0.15, -0.1) is 11.3 Å². The second kappa shape index (κ2) is 2.36. The standard InChI is InChI=1S/C11H8OS/c1-7-2-3-9-8(6-7)11-10(12-9)4-5-13-11/h2-6H,1H3. The summed E-state index contributed by atoms with van der Waals surface area (Å²) in [5.74, 6) is 0. The van der Waals surface area contributed by atoms with Gasteiger partial charge in [0.2, 0.25) is 0 Å². The number of rotatable bonds is 0. The van der Waals surface area contributed by atoms with E-state index in [-0.39, 0.29) is 0 Å². The summed E-state index contributed by atoms with van der Waals surface area (Å²) in [5, 5.41) is 3.31. The molecule has 2 aromatic heterocycles. The largest absolute Gasteiger partial charge is 0.455 e. The van der Waals surface area contributed by atoms with E-state index in [1.54, 1.807) is 11.3 Å². The lowest BCUT2D eigenvalue weighted by atomic mass is 10.2. The van der Waals surface area contributed by atoms with E-state index in [9.17, 15) is 0 Å². The highest BCUT2D eigenvalue weighted by Gasteiger charge is 2.06. The van der Waals surface area contributed by atoms with E-state index >= 15 is 0 Å². The molecule has 2 heterocycles. The molecule has 0 saturated heterocycles. The molecule has 0 aliphatic heterocycles. The van der Waals surface area contributed by atoms with Crippen molar-refractivity contribution in [1.29, 1.82) is 0 Å². The Hall–Kier alpha value is -1.28. The Morgan fingerprint density at radius 3 is 3.00 bits per heavy atom. The van der Waals surface area contributed by atoms with Gasteiger partial charge in [-0.05, 0) is 30.5 Å². The van der Waals surface area contributed by atoms with Gasteiger partial charge in [-0.25, -0.2) is 0 Å². The Labute approximate surface area is 79.6 Å². The molecular weight excluding hydrogens is 180 g/mol. The molecule has 0 radical (unpaired) electrons. The minimum Gasteiger partial charge on any atom is -0.455 e. The molecule has 0 aliphatic carbocycles. The van der Waals surface area contributed by atoms with Crippen molar-refractivity contribution in [2.45, 2.75) is 6.92 Å². The van der Waals surface area contributed by atoms with Crippen LogP contribution in [0.15, 0.2) is 34.1 Å². The van der Waals surface area contributed by atoms with Crippen LogP contribution in [0.3, 0.4) is 0 Å². The van der Waals surface area contributed by atoms with Gasteiger partial charge in [0.1, 0.15) is 11.2 Å². The van der Waals surface area contributed by atoms with Crippen LogP contribution in [0, 0.1) is 6.92 Å². The maximum absolute atomic E-state index is 5.66. The van der Waals surface area contributed by atoms with Gasteiger partial charge in [-0.3, -0.25) is 0 Å². The first-order valence-electron chi connectivity index (χ1n) is 4.21. The van der Waals surface area contributed by atoms with Gasteiger partial charge < -0.3 is 4.42 Å². The van der Waals surface area contributed by atoms with Crippen LogP contribution in [0.2, 0.25) is 0 Å². The topological polar surface area (TPSA) is 13.1 Å². The maximum atomic E-state index is 5.66. The lowest BCUT2D eigenvalue weighted by Gasteiger charge is -1.90. The molecule has 0 aliphatic rings. The summed E-state index contributed by atoms with van der Waals surface area (Å²) >= 11 is 1.74. The fraction of sp³-hybridized carbons (Fsp3) is 0.0909. The highest BCUT2D eigenvalue weighted by molar-refractivity contribution is 7.18. The van der Waals surface area contributed by atoms with Gasteiger partial charge in [0.05, 0.1) is 4.70 Å². The molecule has 1 aromatic carbocycles. The van der Waals surface area contributed by atoms with Crippen molar-refractivity contribution >= 4 is 32.6 Å². The first-order chi connectivity index (χ1) is 6.34. The fourth-order valence-electron chi connectivity index (χ4n) is 1.60. The number of fused-ring (bicyclic) bond motifs is 3. The molecule has 2 heteroatoms. The van der Waals surface area contributed by atoms with Crippen LogP contribution in [0.25, 0.3) is 21.3 Å². The molecule has 0 fully saturated rings. The minimum atomic E-state index is 0.993. The summed E-state index contributed by atoms with van der Waals surface area (Å²) in [5.41, 5.74) is 3.28. The monoisotopic (exact) mass is 188 g/mol. The molecule has 0 spiro atoms. The summed E-state index contributed by atoms with van der Waals surface area (Å²) in [6.07, 6.45) is 0. The van der Waals surface area contributed by atoms with Gasteiger partial charge in [0.25, 0.3) is 0 Å². The summed E-state index contributed by atoms with van der Waals surface area (Å²) in [4.78, 5) is 0. The fourth-order valence-corrected chi connectivity index (χ4v) is 2.44. The van der Waals surface area contributed by atoms with Crippen molar-refractivity contribution in [3.8, 4) is 0 Å². The smallest absolute Gasteiger partial charge is 0.146 e. The van der Waals surface area contributed by atoms with Crippen molar-refractivity contribution in [1.82, 2.24) is 0 Å². The van der Waals surface area contributed by atoms with Gasteiger partial charge in [0.15, 0.2) is 0 Å². The lowest BCUT2D eigenvalue weighted by Crippen LogP contribution is -1.68. The van der Waals surface area contributed by atoms with Crippen LogP contribution in [-0.4, -0.2) is 0 Å². The highest BCUT2D eigenvalue weighted by atomic mass is 32.1. The van der Waals surface area contributed by atoms with Crippen molar-refractivity contribution < 1.29 is 4.42 Å². The molecule has 3 rings (SSSR count). The third kappa shape index (κ3) is 0.923. The number of aryl methyl sites for hydroxylation is 1. The van der Waals surface area contributed by atoms with E-state index in [0.29, 0.717) is 0 Å². The van der Waals surface area contributed by atoms with E-state index in [4.69, 9.17) is 4.42 Å². The number of furan rings is 1. The normalized spacial score (nSPS) is 11.5. The average Bonchev–Trinajstić information content (AvgIpc) is 2.64. The Balaban J connectivity index is 2.61.